The number of unbranched alkanes of at least 4 members (excludes halogenated alkanes) is 37. The lowest BCUT2D eigenvalue weighted by atomic mass is 10.0. The highest BCUT2D eigenvalue weighted by atomic mass is 31.2. The van der Waals surface area contributed by atoms with Gasteiger partial charge in [-0.2, -0.15) is 0 Å². The minimum atomic E-state index is -4.95. The summed E-state index contributed by atoms with van der Waals surface area (Å²) in [5, 5.41) is 20.8. The molecule has 0 fully saturated rings. The predicted molar refractivity (Wildman–Crippen MR) is 509 cm³/mol. The quantitative estimate of drug-likeness (QED) is 0.0146. The molecule has 0 aromatic carbocycles. The Kier molecular flexibility index (Phi) is 89.6. The molecular weight excluding hydrogens is 1560 g/mol. The molecule has 0 saturated carbocycles. The first-order valence-corrected chi connectivity index (χ1v) is 51.1. The van der Waals surface area contributed by atoms with Gasteiger partial charge in [0.25, 0.3) is 0 Å². The highest BCUT2D eigenvalue weighted by Gasteiger charge is 2.30. The summed E-state index contributed by atoms with van der Waals surface area (Å²) in [5.74, 6) is -1.58. The third-order valence-electron chi connectivity index (χ3n) is 20.1. The van der Waals surface area contributed by atoms with Crippen LogP contribution in [0, 0.1) is 0 Å². The Morgan fingerprint density at radius 3 is 0.694 bits per heavy atom. The van der Waals surface area contributed by atoms with Gasteiger partial charge in [0, 0.05) is 19.3 Å². The lowest BCUT2D eigenvalue weighted by molar-refractivity contribution is -0.161. The fourth-order valence-electron chi connectivity index (χ4n) is 12.9. The Balaban J connectivity index is 4.67. The number of aliphatic hydroxyl groups excluding tert-OH is 2. The van der Waals surface area contributed by atoms with E-state index in [2.05, 4.69) is 203 Å². The molecule has 0 radical (unpaired) electrons. The monoisotopic (exact) mass is 1730 g/mol. The summed E-state index contributed by atoms with van der Waals surface area (Å²) in [6, 6.07) is 0. The number of aliphatic hydroxyl groups is 2. The number of rotatable bonds is 90. The van der Waals surface area contributed by atoms with Crippen LogP contribution >= 0.6 is 15.6 Å². The Hall–Kier alpha value is -5.35. The van der Waals surface area contributed by atoms with E-state index < -0.39 is 91.5 Å². The first-order valence-electron chi connectivity index (χ1n) is 48.1. The molecule has 0 aromatic heterocycles. The second kappa shape index (κ2) is 93.8. The summed E-state index contributed by atoms with van der Waals surface area (Å²) in [5.41, 5.74) is 0. The van der Waals surface area contributed by atoms with Crippen LogP contribution in [0.2, 0.25) is 0 Å². The molecule has 0 aliphatic heterocycles. The molecule has 0 spiro atoms. The van der Waals surface area contributed by atoms with Crippen LogP contribution in [-0.4, -0.2) is 95.9 Å². The molecule has 0 aliphatic carbocycles. The number of carbonyl (C=O) groups is 3. The van der Waals surface area contributed by atoms with Crippen molar-refractivity contribution in [1.82, 2.24) is 0 Å². The van der Waals surface area contributed by atoms with E-state index in [4.69, 9.17) is 32.3 Å². The molecule has 18 heteroatoms. The van der Waals surface area contributed by atoms with Crippen molar-refractivity contribution in [3.63, 3.8) is 0 Å². The fourth-order valence-corrected chi connectivity index (χ4v) is 14.5. The molecule has 0 aliphatic rings. The number of ether oxygens (including phenoxy) is 3. The number of hydrogen-bond acceptors (Lipinski definition) is 14. The summed E-state index contributed by atoms with van der Waals surface area (Å²) < 4.78 is 61.6. The Morgan fingerprint density at radius 1 is 0.240 bits per heavy atom. The zero-order chi connectivity index (χ0) is 87.9. The summed E-state index contributed by atoms with van der Waals surface area (Å²) in [6.07, 6.45) is 124. The van der Waals surface area contributed by atoms with Gasteiger partial charge < -0.3 is 34.2 Å². The first-order chi connectivity index (χ1) is 59.2. The van der Waals surface area contributed by atoms with Crippen molar-refractivity contribution >= 4 is 33.6 Å². The Morgan fingerprint density at radius 2 is 0.438 bits per heavy atom. The summed E-state index contributed by atoms with van der Waals surface area (Å²) in [7, 11) is -9.82. The number of hydrogen-bond donors (Lipinski definition) is 4. The first kappa shape index (κ1) is 116. The van der Waals surface area contributed by atoms with Crippen molar-refractivity contribution in [3.8, 4) is 0 Å². The maximum absolute atomic E-state index is 13.1. The molecule has 0 heterocycles. The summed E-state index contributed by atoms with van der Waals surface area (Å²) in [6.45, 7) is 2.46. The van der Waals surface area contributed by atoms with Crippen LogP contribution in [0.1, 0.15) is 393 Å². The molecule has 0 saturated heterocycles. The predicted octanol–water partition coefficient (Wildman–Crippen LogP) is 30.0. The average Bonchev–Trinajstić information content (AvgIpc) is 0.930. The van der Waals surface area contributed by atoms with Crippen LogP contribution in [0.3, 0.4) is 0 Å². The molecule has 5 atom stereocenters. The van der Waals surface area contributed by atoms with Gasteiger partial charge in [0.05, 0.1) is 26.4 Å². The number of phosphoric ester groups is 2. The van der Waals surface area contributed by atoms with Crippen LogP contribution in [0.5, 0.6) is 0 Å². The van der Waals surface area contributed by atoms with Crippen LogP contribution in [-0.2, 0) is 55.8 Å². The van der Waals surface area contributed by atoms with Crippen molar-refractivity contribution in [3.05, 3.63) is 182 Å². The molecular formula is C103H174O16P2. The summed E-state index contributed by atoms with van der Waals surface area (Å²) in [4.78, 5) is 59.1. The molecule has 121 heavy (non-hydrogen) atoms. The van der Waals surface area contributed by atoms with Crippen molar-refractivity contribution in [1.29, 1.82) is 0 Å². The smallest absolute Gasteiger partial charge is 0.463 e. The minimum Gasteiger partial charge on any atom is -0.463 e. The topological polar surface area (TPSA) is 231 Å². The minimum absolute atomic E-state index is 0.0891. The molecule has 692 valence electrons. The molecule has 0 bridgehead atoms. The number of allylic oxidation sites excluding steroid dienone is 30. The largest absolute Gasteiger partial charge is 0.472 e. The maximum Gasteiger partial charge on any atom is 0.472 e. The van der Waals surface area contributed by atoms with Gasteiger partial charge in [-0.3, -0.25) is 32.5 Å². The van der Waals surface area contributed by atoms with Crippen LogP contribution in [0.4, 0.5) is 0 Å². The van der Waals surface area contributed by atoms with Gasteiger partial charge in [-0.15, -0.1) is 0 Å². The van der Waals surface area contributed by atoms with E-state index in [1.807, 2.05) is 0 Å². The van der Waals surface area contributed by atoms with E-state index in [0.717, 1.165) is 193 Å². The van der Waals surface area contributed by atoms with Crippen molar-refractivity contribution < 1.29 is 75.8 Å². The van der Waals surface area contributed by atoms with E-state index in [0.29, 0.717) is 19.3 Å². The third kappa shape index (κ3) is 95.2. The Bertz CT molecular complexity index is 2930. The van der Waals surface area contributed by atoms with E-state index in [-0.39, 0.29) is 19.3 Å². The van der Waals surface area contributed by atoms with Crippen LogP contribution in [0.25, 0.3) is 0 Å². The number of phosphoric acid groups is 2. The van der Waals surface area contributed by atoms with Crippen molar-refractivity contribution in [2.75, 3.05) is 39.6 Å². The molecule has 5 unspecified atom stereocenters. The van der Waals surface area contributed by atoms with Gasteiger partial charge in [-0.1, -0.05) is 396 Å². The zero-order valence-corrected chi connectivity index (χ0v) is 78.2. The maximum atomic E-state index is 13.1. The van der Waals surface area contributed by atoms with E-state index >= 15 is 0 Å². The van der Waals surface area contributed by atoms with Gasteiger partial charge in [-0.25, -0.2) is 9.13 Å². The standard InChI is InChI=1S/C103H174O16P2/c1-4-7-10-13-16-19-22-25-28-31-34-37-40-43-46-48-51-53-56-59-62-65-68-71-74-77-80-83-86-89-101(106)113-92-98(104)93-115-120(109,110)116-94-99(105)95-117-121(111,112)118-97-100(119-103(108)91-88-85-82-79-76-73-70-67-64-61-58-55-50-45-42-39-36-33-30-27-24-21-18-15-12-9-6-3)96-114-102(107)90-87-84-81-78-75-72-69-66-63-60-57-54-52-49-47-44-41-38-35-32-29-26-23-20-17-14-11-8-5-2/h7,9-10,12,16-21,25-30,34-39,43-47,50,58,61,98-100,104-105H,4-6,8,11,13-15,22-24,31-33,40-42,48-49,51-57,59-60,62-97H2,1-3H3,(H,109,110)(H,111,112)/b10-7-,12-9-,19-16-,20-17-,21-18-,28-25-,29-26-,30-27-,37-34-,38-35-,39-36-,46-43-,47-44-,50-45-,61-58-. The van der Waals surface area contributed by atoms with Crippen molar-refractivity contribution in [2.24, 2.45) is 0 Å². The van der Waals surface area contributed by atoms with E-state index in [1.165, 1.54) is 141 Å². The van der Waals surface area contributed by atoms with Crippen LogP contribution in [0.15, 0.2) is 182 Å². The molecule has 0 rings (SSSR count). The van der Waals surface area contributed by atoms with Gasteiger partial charge in [0.15, 0.2) is 6.10 Å². The number of esters is 3. The van der Waals surface area contributed by atoms with E-state index in [1.54, 1.807) is 0 Å². The highest BCUT2D eigenvalue weighted by Crippen LogP contribution is 2.45. The van der Waals surface area contributed by atoms with Gasteiger partial charge in [-0.05, 0) is 161 Å². The highest BCUT2D eigenvalue weighted by molar-refractivity contribution is 7.47. The fraction of sp³-hybridized carbons (Fsp3) is 0.680. The van der Waals surface area contributed by atoms with E-state index in [9.17, 15) is 43.5 Å². The molecule has 0 amide bonds. The SMILES string of the molecule is CC/C=C\C/C=C\C/C=C\C/C=C\C/C=C\C/C=C\CCCCCCCCCCC(=O)OC(COC(=O)CCCCCCCCCCCCCCC/C=C\C/C=C\C/C=C\C/C=C\CCCCC)COP(=O)(O)OCC(O)COP(=O)(O)OCC(O)COC(=O)CCCCCCCCCCCCCCC/C=C\C/C=C\C/C=C\C/C=C\C/C=C\CC. The normalized spacial score (nSPS) is 14.5. The number of carbonyl (C=O) groups excluding carboxylic acids is 3. The zero-order valence-electron chi connectivity index (χ0n) is 76.4. The van der Waals surface area contributed by atoms with Gasteiger partial charge >= 0.3 is 33.6 Å². The molecule has 0 aromatic rings. The lowest BCUT2D eigenvalue weighted by Crippen LogP contribution is -2.30. The second-order valence-corrected chi connectivity index (χ2v) is 34.7. The second-order valence-electron chi connectivity index (χ2n) is 31.8. The van der Waals surface area contributed by atoms with Crippen molar-refractivity contribution in [2.45, 2.75) is 411 Å². The van der Waals surface area contributed by atoms with Gasteiger partial charge in [0.1, 0.15) is 25.4 Å². The molecule has 4 N–H and O–H groups in total. The van der Waals surface area contributed by atoms with Crippen LogP contribution < -0.4 is 0 Å². The lowest BCUT2D eigenvalue weighted by Gasteiger charge is -2.21. The summed E-state index contributed by atoms with van der Waals surface area (Å²) >= 11 is 0. The average molecular weight is 1730 g/mol. The Labute approximate surface area is 738 Å². The molecule has 16 nitrogen and oxygen atoms in total. The van der Waals surface area contributed by atoms with Gasteiger partial charge in [0.2, 0.25) is 0 Å². The third-order valence-corrected chi connectivity index (χ3v) is 22.0.